The zero-order valence-corrected chi connectivity index (χ0v) is 12.4. The molecular weight excluding hydrogens is 316 g/mol. The Morgan fingerprint density at radius 2 is 2.33 bits per heavy atom. The van der Waals surface area contributed by atoms with Crippen molar-refractivity contribution in [1.82, 2.24) is 0 Å². The molecule has 1 aliphatic rings. The fourth-order valence-corrected chi connectivity index (χ4v) is 2.71. The van der Waals surface area contributed by atoms with Crippen LogP contribution in [0.25, 0.3) is 0 Å². The largest absolute Gasteiger partial charge is 0.459 e. The molecule has 18 heavy (non-hydrogen) atoms. The Balaban J connectivity index is 1.90. The van der Waals surface area contributed by atoms with Crippen molar-refractivity contribution >= 4 is 34.5 Å². The van der Waals surface area contributed by atoms with Gasteiger partial charge in [0.05, 0.1) is 11.7 Å². The third kappa shape index (κ3) is 3.73. The molecule has 1 aromatic rings. The first-order chi connectivity index (χ1) is 8.66. The normalized spacial score (nSPS) is 19.6. The maximum atomic E-state index is 11.9. The predicted molar refractivity (Wildman–Crippen MR) is 75.3 cm³/mol. The van der Waals surface area contributed by atoms with Crippen LogP contribution < -0.4 is 0 Å². The first-order valence-corrected chi connectivity index (χ1v) is 7.18. The maximum absolute atomic E-state index is 11.9. The van der Waals surface area contributed by atoms with Crippen molar-refractivity contribution < 1.29 is 14.3 Å². The summed E-state index contributed by atoms with van der Waals surface area (Å²) >= 11 is 7.59. The second kappa shape index (κ2) is 6.59. The number of hydrogen-bond donors (Lipinski definition) is 1. The first-order valence-electron chi connectivity index (χ1n) is 5.94. The highest BCUT2D eigenvalue weighted by Gasteiger charge is 2.17. The van der Waals surface area contributed by atoms with E-state index in [1.54, 1.807) is 18.2 Å². The second-order valence-electron chi connectivity index (χ2n) is 4.25. The number of esters is 1. The minimum absolute atomic E-state index is 0.0431. The molecule has 2 rings (SSSR count). The van der Waals surface area contributed by atoms with Crippen molar-refractivity contribution in [3.63, 3.8) is 0 Å². The average molecular weight is 331 g/mol. The molecule has 3 nitrogen and oxygen atoms in total. The summed E-state index contributed by atoms with van der Waals surface area (Å²) in [5.74, 6) is -0.346. The summed E-state index contributed by atoms with van der Waals surface area (Å²) in [6, 6.07) is 5.28. The lowest BCUT2D eigenvalue weighted by Gasteiger charge is -2.22. The minimum Gasteiger partial charge on any atom is -0.459 e. The van der Waals surface area contributed by atoms with Gasteiger partial charge in [0, 0.05) is 16.0 Å². The highest BCUT2D eigenvalue weighted by Crippen LogP contribution is 2.21. The van der Waals surface area contributed by atoms with Gasteiger partial charge >= 0.3 is 5.97 Å². The molecule has 1 saturated heterocycles. The summed E-state index contributed by atoms with van der Waals surface area (Å²) in [5.41, 5.74) is 0.484. The Morgan fingerprint density at radius 3 is 3.00 bits per heavy atom. The quantitative estimate of drug-likeness (QED) is 0.681. The number of carbonyl (C=O) groups excluding carboxylic acids is 1. The van der Waals surface area contributed by atoms with E-state index < -0.39 is 0 Å². The van der Waals surface area contributed by atoms with Gasteiger partial charge in [-0.1, -0.05) is 15.9 Å². The number of halogens is 1. The molecule has 1 aromatic carbocycles. The van der Waals surface area contributed by atoms with E-state index in [4.69, 9.17) is 9.47 Å². The predicted octanol–water partition coefficient (Wildman–Crippen LogP) is 3.46. The van der Waals surface area contributed by atoms with E-state index in [0.717, 1.165) is 30.3 Å². The average Bonchev–Trinajstić information content (AvgIpc) is 2.37. The van der Waals surface area contributed by atoms with Gasteiger partial charge in [-0.25, -0.2) is 4.79 Å². The van der Waals surface area contributed by atoms with Gasteiger partial charge in [-0.2, -0.15) is 0 Å². The molecule has 0 bridgehead atoms. The third-order valence-corrected chi connectivity index (χ3v) is 3.72. The second-order valence-corrected chi connectivity index (χ2v) is 5.65. The van der Waals surface area contributed by atoms with Crippen molar-refractivity contribution in [2.75, 3.05) is 13.2 Å². The van der Waals surface area contributed by atoms with E-state index in [2.05, 4.69) is 28.6 Å². The van der Waals surface area contributed by atoms with Crippen LogP contribution in [0.15, 0.2) is 27.6 Å². The van der Waals surface area contributed by atoms with Crippen molar-refractivity contribution in [3.8, 4) is 0 Å². The van der Waals surface area contributed by atoms with Gasteiger partial charge < -0.3 is 9.47 Å². The maximum Gasteiger partial charge on any atom is 0.339 e. The van der Waals surface area contributed by atoms with E-state index >= 15 is 0 Å². The zero-order chi connectivity index (χ0) is 13.0. The fourth-order valence-electron chi connectivity index (χ4n) is 1.86. The summed E-state index contributed by atoms with van der Waals surface area (Å²) in [6.07, 6.45) is 3.24. The van der Waals surface area contributed by atoms with Crippen molar-refractivity contribution in [3.05, 3.63) is 28.2 Å². The van der Waals surface area contributed by atoms with Gasteiger partial charge in [0.2, 0.25) is 0 Å². The summed E-state index contributed by atoms with van der Waals surface area (Å²) < 4.78 is 11.7. The van der Waals surface area contributed by atoms with E-state index in [0.29, 0.717) is 17.1 Å². The van der Waals surface area contributed by atoms with Crippen LogP contribution in [0, 0.1) is 0 Å². The van der Waals surface area contributed by atoms with Crippen LogP contribution in [0.2, 0.25) is 0 Å². The standard InChI is InChI=1S/C13H15BrO3S/c14-9-4-5-11(12(18)7-9)13(15)17-8-10-3-1-2-6-16-10/h4-5,7,10,18H,1-3,6,8H2. The van der Waals surface area contributed by atoms with Gasteiger partial charge in [-0.15, -0.1) is 12.6 Å². The molecule has 0 aliphatic carbocycles. The van der Waals surface area contributed by atoms with Gasteiger partial charge in [0.1, 0.15) is 6.61 Å². The summed E-state index contributed by atoms with van der Waals surface area (Å²) in [5, 5.41) is 0. The monoisotopic (exact) mass is 330 g/mol. The number of carbonyl (C=O) groups is 1. The molecule has 1 aliphatic heterocycles. The number of rotatable bonds is 3. The summed E-state index contributed by atoms with van der Waals surface area (Å²) in [7, 11) is 0. The molecule has 0 saturated carbocycles. The van der Waals surface area contributed by atoms with Crippen LogP contribution in [0.3, 0.4) is 0 Å². The number of benzene rings is 1. The SMILES string of the molecule is O=C(OCC1CCCCO1)c1ccc(Br)cc1S. The van der Waals surface area contributed by atoms with Gasteiger partial charge in [-0.3, -0.25) is 0 Å². The first kappa shape index (κ1) is 13.9. The van der Waals surface area contributed by atoms with Crippen LogP contribution >= 0.6 is 28.6 Å². The van der Waals surface area contributed by atoms with Crippen molar-refractivity contribution in [2.24, 2.45) is 0 Å². The fraction of sp³-hybridized carbons (Fsp3) is 0.462. The van der Waals surface area contributed by atoms with Crippen LogP contribution in [0.5, 0.6) is 0 Å². The molecule has 5 heteroatoms. The van der Waals surface area contributed by atoms with Crippen molar-refractivity contribution in [2.45, 2.75) is 30.3 Å². The smallest absolute Gasteiger partial charge is 0.339 e. The highest BCUT2D eigenvalue weighted by atomic mass is 79.9. The highest BCUT2D eigenvalue weighted by molar-refractivity contribution is 9.10. The lowest BCUT2D eigenvalue weighted by molar-refractivity contribution is -0.0301. The van der Waals surface area contributed by atoms with Gasteiger partial charge in [0.25, 0.3) is 0 Å². The van der Waals surface area contributed by atoms with Crippen LogP contribution in [-0.2, 0) is 9.47 Å². The number of thiol groups is 1. The molecule has 0 aromatic heterocycles. The molecular formula is C13H15BrO3S. The Morgan fingerprint density at radius 1 is 1.50 bits per heavy atom. The molecule has 1 unspecified atom stereocenters. The Kier molecular flexibility index (Phi) is 5.09. The summed E-state index contributed by atoms with van der Waals surface area (Å²) in [6.45, 7) is 1.08. The Labute approximate surface area is 120 Å². The molecule has 1 heterocycles. The molecule has 0 amide bonds. The Hall–Kier alpha value is -0.520. The number of hydrogen-bond acceptors (Lipinski definition) is 4. The van der Waals surface area contributed by atoms with Crippen molar-refractivity contribution in [1.29, 1.82) is 0 Å². The molecule has 98 valence electrons. The van der Waals surface area contributed by atoms with Crippen LogP contribution in [0.1, 0.15) is 29.6 Å². The molecule has 0 N–H and O–H groups in total. The molecule has 0 spiro atoms. The van der Waals surface area contributed by atoms with Crippen LogP contribution in [0.4, 0.5) is 0 Å². The molecule has 0 radical (unpaired) electrons. The van der Waals surface area contributed by atoms with Gasteiger partial charge in [0.15, 0.2) is 0 Å². The lowest BCUT2D eigenvalue weighted by Crippen LogP contribution is -2.26. The summed E-state index contributed by atoms with van der Waals surface area (Å²) in [4.78, 5) is 12.5. The molecule has 1 atom stereocenters. The van der Waals surface area contributed by atoms with Gasteiger partial charge in [-0.05, 0) is 37.5 Å². The topological polar surface area (TPSA) is 35.5 Å². The van der Waals surface area contributed by atoms with E-state index in [1.165, 1.54) is 0 Å². The zero-order valence-electron chi connectivity index (χ0n) is 9.89. The van der Waals surface area contributed by atoms with Crippen LogP contribution in [-0.4, -0.2) is 25.3 Å². The van der Waals surface area contributed by atoms with E-state index in [9.17, 15) is 4.79 Å². The molecule has 1 fully saturated rings. The number of ether oxygens (including phenoxy) is 2. The van der Waals surface area contributed by atoms with E-state index in [-0.39, 0.29) is 12.1 Å². The lowest BCUT2D eigenvalue weighted by atomic mass is 10.1. The minimum atomic E-state index is -0.346. The third-order valence-electron chi connectivity index (χ3n) is 2.85. The Bertz CT molecular complexity index is 430. The van der Waals surface area contributed by atoms with E-state index in [1.807, 2.05) is 0 Å².